The Morgan fingerprint density at radius 2 is 2.19 bits per heavy atom. The largest absolute Gasteiger partial charge is 0.383 e. The summed E-state index contributed by atoms with van der Waals surface area (Å²) in [7, 11) is 1.93. The molecule has 0 bridgehead atoms. The van der Waals surface area contributed by atoms with E-state index in [1.54, 1.807) is 17.8 Å². The van der Waals surface area contributed by atoms with Crippen molar-refractivity contribution in [2.24, 2.45) is 7.05 Å². The average Bonchev–Trinajstić information content (AvgIpc) is 2.76. The predicted octanol–water partition coefficient (Wildman–Crippen LogP) is 2.61. The van der Waals surface area contributed by atoms with Gasteiger partial charge in [0.2, 0.25) is 0 Å². The fourth-order valence-electron chi connectivity index (χ4n) is 1.81. The number of hydrogen-bond donors (Lipinski definition) is 2. The minimum Gasteiger partial charge on any atom is -0.383 e. The van der Waals surface area contributed by atoms with Gasteiger partial charge in [-0.15, -0.1) is 0 Å². The summed E-state index contributed by atoms with van der Waals surface area (Å²) in [4.78, 5) is 8.75. The van der Waals surface area contributed by atoms with Gasteiger partial charge in [-0.1, -0.05) is 25.1 Å². The molecule has 0 saturated heterocycles. The van der Waals surface area contributed by atoms with Crippen molar-refractivity contribution in [2.45, 2.75) is 38.4 Å². The first-order chi connectivity index (χ1) is 10.1. The van der Waals surface area contributed by atoms with E-state index in [4.69, 9.17) is 5.73 Å². The Balaban J connectivity index is 2.00. The number of aryl methyl sites for hydroxylation is 1. The lowest BCUT2D eigenvalue weighted by atomic mass is 10.2. The molecule has 0 amide bonds. The van der Waals surface area contributed by atoms with Crippen molar-refractivity contribution >= 4 is 23.4 Å². The van der Waals surface area contributed by atoms with E-state index >= 15 is 0 Å². The lowest BCUT2D eigenvalue weighted by molar-refractivity contribution is 0.738. The first-order valence-electron chi connectivity index (χ1n) is 7.09. The van der Waals surface area contributed by atoms with Gasteiger partial charge in [0.05, 0.1) is 6.20 Å². The van der Waals surface area contributed by atoms with E-state index in [0.29, 0.717) is 12.4 Å². The second-order valence-electron chi connectivity index (χ2n) is 4.90. The molecule has 0 radical (unpaired) electrons. The second kappa shape index (κ2) is 7.31. The first kappa shape index (κ1) is 15.6. The first-order valence-corrected chi connectivity index (χ1v) is 8.07. The number of unbranched alkanes of at least 4 members (excludes halogenated alkanes) is 1. The number of nitrogens with two attached hydrogens (primary N) is 1. The Kier molecular flexibility index (Phi) is 5.44. The minimum atomic E-state index is 0.495. The molecule has 7 heteroatoms. The molecule has 2 rings (SSSR count). The molecule has 2 aromatic heterocycles. The Hall–Kier alpha value is -1.76. The zero-order chi connectivity index (χ0) is 15.2. The van der Waals surface area contributed by atoms with Crippen molar-refractivity contribution in [1.82, 2.24) is 19.7 Å². The van der Waals surface area contributed by atoms with Crippen molar-refractivity contribution in [2.75, 3.05) is 16.8 Å². The highest BCUT2D eigenvalue weighted by Gasteiger charge is 2.06. The Bertz CT molecular complexity index is 595. The molecule has 6 nitrogen and oxygen atoms in total. The third-order valence-electron chi connectivity index (χ3n) is 3.25. The minimum absolute atomic E-state index is 0.495. The SMILES string of the molecule is CCCCSc1nc(N)cc(NCc2cnn(C)c2C)n1. The molecule has 0 fully saturated rings. The van der Waals surface area contributed by atoms with Gasteiger partial charge in [0.25, 0.3) is 0 Å². The topological polar surface area (TPSA) is 81.6 Å². The molecule has 3 N–H and O–H groups in total. The average molecular weight is 306 g/mol. The zero-order valence-electron chi connectivity index (χ0n) is 12.8. The fraction of sp³-hybridized carbons (Fsp3) is 0.500. The van der Waals surface area contributed by atoms with Crippen molar-refractivity contribution in [3.8, 4) is 0 Å². The van der Waals surface area contributed by atoms with Crippen LogP contribution in [0.25, 0.3) is 0 Å². The van der Waals surface area contributed by atoms with Crippen molar-refractivity contribution in [1.29, 1.82) is 0 Å². The van der Waals surface area contributed by atoms with E-state index in [1.165, 1.54) is 6.42 Å². The second-order valence-corrected chi connectivity index (χ2v) is 5.96. The lowest BCUT2D eigenvalue weighted by Gasteiger charge is -2.08. The maximum absolute atomic E-state index is 5.85. The van der Waals surface area contributed by atoms with Crippen LogP contribution in [0.4, 0.5) is 11.6 Å². The molecule has 21 heavy (non-hydrogen) atoms. The number of rotatable bonds is 7. The van der Waals surface area contributed by atoms with Gasteiger partial charge < -0.3 is 11.1 Å². The summed E-state index contributed by atoms with van der Waals surface area (Å²) in [5.41, 5.74) is 8.13. The summed E-state index contributed by atoms with van der Waals surface area (Å²) in [6.07, 6.45) is 4.19. The standard InChI is InChI=1S/C14H22N6S/c1-4-5-6-21-14-18-12(15)7-13(19-14)16-8-11-9-17-20(3)10(11)2/h7,9H,4-6,8H2,1-3H3,(H3,15,16,18,19). The highest BCUT2D eigenvalue weighted by Crippen LogP contribution is 2.19. The molecule has 2 aromatic rings. The van der Waals surface area contributed by atoms with Crippen LogP contribution in [0.3, 0.4) is 0 Å². The van der Waals surface area contributed by atoms with Crippen LogP contribution in [0, 0.1) is 6.92 Å². The smallest absolute Gasteiger partial charge is 0.191 e. The number of aromatic nitrogens is 4. The Morgan fingerprint density at radius 1 is 1.38 bits per heavy atom. The van der Waals surface area contributed by atoms with E-state index < -0.39 is 0 Å². The molecule has 0 aliphatic rings. The van der Waals surface area contributed by atoms with E-state index in [9.17, 15) is 0 Å². The van der Waals surface area contributed by atoms with E-state index in [2.05, 4.69) is 27.3 Å². The van der Waals surface area contributed by atoms with Crippen LogP contribution in [0.5, 0.6) is 0 Å². The molecule has 0 spiro atoms. The molecular weight excluding hydrogens is 284 g/mol. The molecule has 0 aliphatic carbocycles. The van der Waals surface area contributed by atoms with Gasteiger partial charge in [-0.2, -0.15) is 5.10 Å². The zero-order valence-corrected chi connectivity index (χ0v) is 13.6. The molecule has 114 valence electrons. The van der Waals surface area contributed by atoms with Crippen LogP contribution in [0.1, 0.15) is 31.0 Å². The highest BCUT2D eigenvalue weighted by molar-refractivity contribution is 7.99. The summed E-state index contributed by atoms with van der Waals surface area (Å²) in [6, 6.07) is 1.76. The molecular formula is C14H22N6S. The highest BCUT2D eigenvalue weighted by atomic mass is 32.2. The molecule has 0 unspecified atom stereocenters. The van der Waals surface area contributed by atoms with Crippen LogP contribution >= 0.6 is 11.8 Å². The maximum atomic E-state index is 5.85. The third-order valence-corrected chi connectivity index (χ3v) is 4.18. The summed E-state index contributed by atoms with van der Waals surface area (Å²) in [6.45, 7) is 4.89. The fourth-order valence-corrected chi connectivity index (χ4v) is 2.76. The van der Waals surface area contributed by atoms with Crippen molar-refractivity contribution < 1.29 is 0 Å². The molecule has 2 heterocycles. The number of thioether (sulfide) groups is 1. The third kappa shape index (κ3) is 4.35. The lowest BCUT2D eigenvalue weighted by Crippen LogP contribution is -2.05. The van der Waals surface area contributed by atoms with Gasteiger partial charge in [-0.3, -0.25) is 4.68 Å². The molecule has 0 saturated carbocycles. The number of nitrogens with zero attached hydrogens (tertiary/aromatic N) is 4. The van der Waals surface area contributed by atoms with Gasteiger partial charge >= 0.3 is 0 Å². The molecule has 0 atom stereocenters. The summed E-state index contributed by atoms with van der Waals surface area (Å²) >= 11 is 1.64. The monoisotopic (exact) mass is 306 g/mol. The van der Waals surface area contributed by atoms with E-state index in [0.717, 1.165) is 34.4 Å². The Labute approximate surface area is 129 Å². The molecule has 0 aliphatic heterocycles. The van der Waals surface area contributed by atoms with Gasteiger partial charge in [0, 0.05) is 36.7 Å². The van der Waals surface area contributed by atoms with Crippen LogP contribution in [0.15, 0.2) is 17.4 Å². The van der Waals surface area contributed by atoms with E-state index in [-0.39, 0.29) is 0 Å². The van der Waals surface area contributed by atoms with Crippen molar-refractivity contribution in [3.63, 3.8) is 0 Å². The summed E-state index contributed by atoms with van der Waals surface area (Å²) < 4.78 is 1.86. The normalized spacial score (nSPS) is 10.8. The number of nitrogen functional groups attached to an aromatic ring is 1. The maximum Gasteiger partial charge on any atom is 0.191 e. The van der Waals surface area contributed by atoms with Crippen LogP contribution < -0.4 is 11.1 Å². The van der Waals surface area contributed by atoms with Gasteiger partial charge in [0.1, 0.15) is 11.6 Å². The predicted molar refractivity (Wildman–Crippen MR) is 87.3 cm³/mol. The van der Waals surface area contributed by atoms with Gasteiger partial charge in [-0.25, -0.2) is 9.97 Å². The Morgan fingerprint density at radius 3 is 2.86 bits per heavy atom. The van der Waals surface area contributed by atoms with Gasteiger partial charge in [-0.05, 0) is 13.3 Å². The number of anilines is 2. The number of nitrogens with one attached hydrogen (secondary N) is 1. The van der Waals surface area contributed by atoms with E-state index in [1.807, 2.05) is 24.9 Å². The van der Waals surface area contributed by atoms with Crippen LogP contribution in [0.2, 0.25) is 0 Å². The quantitative estimate of drug-likeness (QED) is 0.465. The number of hydrogen-bond acceptors (Lipinski definition) is 6. The molecule has 0 aromatic carbocycles. The van der Waals surface area contributed by atoms with Gasteiger partial charge in [0.15, 0.2) is 5.16 Å². The van der Waals surface area contributed by atoms with Crippen LogP contribution in [-0.4, -0.2) is 25.5 Å². The summed E-state index contributed by atoms with van der Waals surface area (Å²) in [5.74, 6) is 2.26. The van der Waals surface area contributed by atoms with Crippen molar-refractivity contribution in [3.05, 3.63) is 23.5 Å². The van der Waals surface area contributed by atoms with Crippen LogP contribution in [-0.2, 0) is 13.6 Å². The summed E-state index contributed by atoms with van der Waals surface area (Å²) in [5, 5.41) is 8.25.